The van der Waals surface area contributed by atoms with Crippen molar-refractivity contribution in [3.05, 3.63) is 64.2 Å². The predicted molar refractivity (Wildman–Crippen MR) is 88.1 cm³/mol. The van der Waals surface area contributed by atoms with Crippen molar-refractivity contribution in [1.82, 2.24) is 0 Å². The van der Waals surface area contributed by atoms with Crippen LogP contribution in [0.4, 0.5) is 5.69 Å². The lowest BCUT2D eigenvalue weighted by Gasteiger charge is -2.19. The van der Waals surface area contributed by atoms with Crippen LogP contribution in [0.15, 0.2) is 36.4 Å². The summed E-state index contributed by atoms with van der Waals surface area (Å²) in [6.45, 7) is 5.98. The summed E-state index contributed by atoms with van der Waals surface area (Å²) in [5, 5.41) is 13.8. The topological polar surface area (TPSA) is 49.3 Å². The molecule has 2 N–H and O–H groups in total. The van der Waals surface area contributed by atoms with E-state index in [0.29, 0.717) is 0 Å². The number of fused-ring (bicyclic) bond motifs is 1. The van der Waals surface area contributed by atoms with Crippen molar-refractivity contribution in [3.63, 3.8) is 0 Å². The van der Waals surface area contributed by atoms with Gasteiger partial charge in [-0.15, -0.1) is 0 Å². The monoisotopic (exact) mass is 295 g/mol. The van der Waals surface area contributed by atoms with Gasteiger partial charge in [-0.05, 0) is 42.5 Å². The molecule has 0 spiro atoms. The van der Waals surface area contributed by atoms with Gasteiger partial charge in [0.05, 0.1) is 11.6 Å². The van der Waals surface area contributed by atoms with Crippen molar-refractivity contribution in [3.8, 4) is 0 Å². The van der Waals surface area contributed by atoms with E-state index in [1.165, 1.54) is 0 Å². The first kappa shape index (κ1) is 14.8. The van der Waals surface area contributed by atoms with Crippen molar-refractivity contribution in [2.45, 2.75) is 39.2 Å². The minimum Gasteiger partial charge on any atom is -0.384 e. The molecule has 0 bridgehead atoms. The van der Waals surface area contributed by atoms with Gasteiger partial charge >= 0.3 is 0 Å². The molecule has 2 atom stereocenters. The van der Waals surface area contributed by atoms with Gasteiger partial charge in [0.2, 0.25) is 5.91 Å². The fraction of sp³-hybridized carbons (Fsp3) is 0.316. The summed E-state index contributed by atoms with van der Waals surface area (Å²) in [7, 11) is 0. The van der Waals surface area contributed by atoms with E-state index in [9.17, 15) is 9.90 Å². The lowest BCUT2D eigenvalue weighted by molar-refractivity contribution is -0.116. The van der Waals surface area contributed by atoms with Crippen molar-refractivity contribution < 1.29 is 9.90 Å². The van der Waals surface area contributed by atoms with Crippen molar-refractivity contribution in [1.29, 1.82) is 0 Å². The van der Waals surface area contributed by atoms with E-state index in [2.05, 4.69) is 18.3 Å². The number of hydrogen-bond donors (Lipinski definition) is 2. The molecular weight excluding hydrogens is 274 g/mol. The first-order valence-corrected chi connectivity index (χ1v) is 7.74. The first-order valence-electron chi connectivity index (χ1n) is 7.74. The number of nitrogens with one attached hydrogen (secondary N) is 1. The zero-order chi connectivity index (χ0) is 15.9. The van der Waals surface area contributed by atoms with Gasteiger partial charge in [-0.2, -0.15) is 0 Å². The summed E-state index contributed by atoms with van der Waals surface area (Å²) in [6, 6.07) is 11.9. The number of aliphatic hydroxyl groups excluding tert-OH is 1. The van der Waals surface area contributed by atoms with Crippen molar-refractivity contribution >= 4 is 11.6 Å². The molecule has 114 valence electrons. The van der Waals surface area contributed by atoms with Crippen LogP contribution in [0, 0.1) is 6.92 Å². The number of carbonyl (C=O) groups is 1. The molecular formula is C19H21NO2. The Balaban J connectivity index is 2.15. The van der Waals surface area contributed by atoms with Crippen molar-refractivity contribution in [2.24, 2.45) is 0 Å². The summed E-state index contributed by atoms with van der Waals surface area (Å²) in [5.74, 6) is -0.161. The number of benzene rings is 2. The van der Waals surface area contributed by atoms with E-state index < -0.39 is 6.10 Å². The number of aryl methyl sites for hydroxylation is 2. The molecule has 1 aliphatic heterocycles. The molecule has 1 aliphatic rings. The Morgan fingerprint density at radius 1 is 1.23 bits per heavy atom. The summed E-state index contributed by atoms with van der Waals surface area (Å²) in [5.41, 5.74) is 5.64. The molecule has 2 aromatic carbocycles. The zero-order valence-electron chi connectivity index (χ0n) is 13.2. The molecule has 3 nitrogen and oxygen atoms in total. The molecule has 3 heteroatoms. The van der Waals surface area contributed by atoms with Crippen LogP contribution in [0.3, 0.4) is 0 Å². The smallest absolute Gasteiger partial charge is 0.231 e. The fourth-order valence-corrected chi connectivity index (χ4v) is 3.09. The van der Waals surface area contributed by atoms with Gasteiger partial charge in [0, 0.05) is 5.56 Å². The molecule has 0 saturated heterocycles. The average Bonchev–Trinajstić information content (AvgIpc) is 2.81. The highest BCUT2D eigenvalue weighted by Gasteiger charge is 2.31. The summed E-state index contributed by atoms with van der Waals surface area (Å²) < 4.78 is 0. The van der Waals surface area contributed by atoms with Crippen LogP contribution in [0.5, 0.6) is 0 Å². The predicted octanol–water partition coefficient (Wildman–Crippen LogP) is 3.69. The summed E-state index contributed by atoms with van der Waals surface area (Å²) in [6.07, 6.45) is 0.147. The molecule has 0 saturated carbocycles. The molecule has 3 rings (SSSR count). The number of hydrogen-bond acceptors (Lipinski definition) is 2. The molecule has 0 aliphatic carbocycles. The molecule has 1 amide bonds. The van der Waals surface area contributed by atoms with Crippen LogP contribution in [0.25, 0.3) is 0 Å². The second-order valence-electron chi connectivity index (χ2n) is 5.97. The van der Waals surface area contributed by atoms with Gasteiger partial charge in [-0.1, -0.05) is 43.3 Å². The molecule has 2 unspecified atom stereocenters. The lowest BCUT2D eigenvalue weighted by Crippen LogP contribution is -2.10. The van der Waals surface area contributed by atoms with Gasteiger partial charge in [-0.25, -0.2) is 0 Å². The Bertz CT molecular complexity index is 736. The van der Waals surface area contributed by atoms with Crippen LogP contribution < -0.4 is 5.32 Å². The van der Waals surface area contributed by atoms with E-state index in [1.807, 2.05) is 44.2 Å². The van der Waals surface area contributed by atoms with Crippen molar-refractivity contribution in [2.75, 3.05) is 5.32 Å². The minimum atomic E-state index is -0.730. The first-order chi connectivity index (χ1) is 10.5. The summed E-state index contributed by atoms with van der Waals surface area (Å²) >= 11 is 0. The number of aliphatic hydroxyl groups is 1. The van der Waals surface area contributed by atoms with E-state index >= 15 is 0 Å². The third-order valence-electron chi connectivity index (χ3n) is 4.55. The van der Waals surface area contributed by atoms with E-state index in [1.54, 1.807) is 0 Å². The highest BCUT2D eigenvalue weighted by atomic mass is 16.3. The van der Waals surface area contributed by atoms with Crippen LogP contribution >= 0.6 is 0 Å². The number of rotatable bonds is 3. The Morgan fingerprint density at radius 2 is 1.95 bits per heavy atom. The SMILES string of the molecule is CCc1cc2c(c(C(O)c3ccccc3C)c1)NC(=O)C2C. The third-order valence-corrected chi connectivity index (χ3v) is 4.55. The Hall–Kier alpha value is -2.13. The molecule has 0 radical (unpaired) electrons. The Morgan fingerprint density at radius 3 is 2.64 bits per heavy atom. The molecule has 2 aromatic rings. The van der Waals surface area contributed by atoms with Gasteiger partial charge in [0.15, 0.2) is 0 Å². The van der Waals surface area contributed by atoms with Gasteiger partial charge in [0.25, 0.3) is 0 Å². The average molecular weight is 295 g/mol. The standard InChI is InChI=1S/C19H21NO2/c1-4-13-9-15-12(3)19(22)20-17(15)16(10-13)18(21)14-8-6-5-7-11(14)2/h5-10,12,18,21H,4H2,1-3H3,(H,20,22). The van der Waals surface area contributed by atoms with E-state index in [-0.39, 0.29) is 11.8 Å². The normalized spacial score (nSPS) is 18.0. The maximum atomic E-state index is 12.0. The molecule has 22 heavy (non-hydrogen) atoms. The van der Waals surface area contributed by atoms with Crippen LogP contribution in [0.1, 0.15) is 53.7 Å². The van der Waals surface area contributed by atoms with Gasteiger partial charge in [0.1, 0.15) is 6.10 Å². The van der Waals surface area contributed by atoms with E-state index in [4.69, 9.17) is 0 Å². The Kier molecular flexibility index (Phi) is 3.75. The quantitative estimate of drug-likeness (QED) is 0.907. The zero-order valence-corrected chi connectivity index (χ0v) is 13.2. The second-order valence-corrected chi connectivity index (χ2v) is 5.97. The van der Waals surface area contributed by atoms with E-state index in [0.717, 1.165) is 39.9 Å². The maximum absolute atomic E-state index is 12.0. The highest BCUT2D eigenvalue weighted by molar-refractivity contribution is 6.03. The van der Waals surface area contributed by atoms with Crippen LogP contribution in [0.2, 0.25) is 0 Å². The largest absolute Gasteiger partial charge is 0.384 e. The number of amides is 1. The molecule has 1 heterocycles. The molecule has 0 fully saturated rings. The lowest BCUT2D eigenvalue weighted by atomic mass is 9.90. The summed E-state index contributed by atoms with van der Waals surface area (Å²) in [4.78, 5) is 12.0. The van der Waals surface area contributed by atoms with Crippen LogP contribution in [-0.2, 0) is 11.2 Å². The Labute approximate surface area is 131 Å². The molecule has 0 aromatic heterocycles. The second kappa shape index (κ2) is 5.58. The minimum absolute atomic E-state index is 0.00138. The van der Waals surface area contributed by atoms with Gasteiger partial charge in [-0.3, -0.25) is 4.79 Å². The van der Waals surface area contributed by atoms with Gasteiger partial charge < -0.3 is 10.4 Å². The maximum Gasteiger partial charge on any atom is 0.231 e. The third kappa shape index (κ3) is 2.32. The highest BCUT2D eigenvalue weighted by Crippen LogP contribution is 2.40. The fourth-order valence-electron chi connectivity index (χ4n) is 3.09. The number of anilines is 1. The number of carbonyl (C=O) groups excluding carboxylic acids is 1. The van der Waals surface area contributed by atoms with Crippen LogP contribution in [-0.4, -0.2) is 11.0 Å².